The third-order valence-electron chi connectivity index (χ3n) is 3.21. The number of nitrogens with one attached hydrogen (secondary N) is 1. The molecule has 2 atom stereocenters. The van der Waals surface area contributed by atoms with E-state index in [0.29, 0.717) is 11.8 Å². The van der Waals surface area contributed by atoms with Crippen LogP contribution < -0.4 is 10.1 Å². The molecule has 0 amide bonds. The molecular formula is C14H23NO. The minimum absolute atomic E-state index is 0.574. The van der Waals surface area contributed by atoms with Crippen molar-refractivity contribution in [1.82, 2.24) is 5.32 Å². The van der Waals surface area contributed by atoms with Crippen molar-refractivity contribution in [3.05, 3.63) is 29.8 Å². The van der Waals surface area contributed by atoms with Crippen LogP contribution in [-0.4, -0.2) is 20.2 Å². The zero-order valence-corrected chi connectivity index (χ0v) is 10.8. The van der Waals surface area contributed by atoms with Gasteiger partial charge in [0.1, 0.15) is 5.75 Å². The van der Waals surface area contributed by atoms with Gasteiger partial charge in [0, 0.05) is 0 Å². The Morgan fingerprint density at radius 2 is 1.81 bits per heavy atom. The Bertz CT molecular complexity index is 294. The predicted octanol–water partition coefficient (Wildman–Crippen LogP) is 3.04. The average molecular weight is 221 g/mol. The zero-order valence-electron chi connectivity index (χ0n) is 10.8. The van der Waals surface area contributed by atoms with Crippen LogP contribution in [-0.2, 0) is 0 Å². The summed E-state index contributed by atoms with van der Waals surface area (Å²) < 4.78 is 5.16. The monoisotopic (exact) mass is 221 g/mol. The van der Waals surface area contributed by atoms with Crippen LogP contribution in [0, 0.1) is 5.92 Å². The summed E-state index contributed by atoms with van der Waals surface area (Å²) in [4.78, 5) is 0. The highest BCUT2D eigenvalue weighted by Crippen LogP contribution is 2.25. The number of hydrogen-bond donors (Lipinski definition) is 1. The second-order valence-corrected chi connectivity index (χ2v) is 4.35. The highest BCUT2D eigenvalue weighted by Gasteiger charge is 2.13. The molecule has 16 heavy (non-hydrogen) atoms. The second-order valence-electron chi connectivity index (χ2n) is 4.35. The summed E-state index contributed by atoms with van der Waals surface area (Å²) in [5.41, 5.74) is 1.38. The van der Waals surface area contributed by atoms with Crippen molar-refractivity contribution in [1.29, 1.82) is 0 Å². The standard InChI is InChI=1S/C14H23NO/c1-5-15-10-11(2)12(3)13-6-8-14(16-4)9-7-13/h6-9,11-12,15H,5,10H2,1-4H3. The minimum atomic E-state index is 0.574. The van der Waals surface area contributed by atoms with Crippen LogP contribution in [0.4, 0.5) is 0 Å². The topological polar surface area (TPSA) is 21.3 Å². The van der Waals surface area contributed by atoms with Crippen molar-refractivity contribution >= 4 is 0 Å². The van der Waals surface area contributed by atoms with Gasteiger partial charge >= 0.3 is 0 Å². The highest BCUT2D eigenvalue weighted by molar-refractivity contribution is 5.29. The Morgan fingerprint density at radius 1 is 1.19 bits per heavy atom. The lowest BCUT2D eigenvalue weighted by atomic mass is 9.89. The van der Waals surface area contributed by atoms with Gasteiger partial charge in [-0.05, 0) is 42.6 Å². The summed E-state index contributed by atoms with van der Waals surface area (Å²) >= 11 is 0. The lowest BCUT2D eigenvalue weighted by Crippen LogP contribution is -2.24. The summed E-state index contributed by atoms with van der Waals surface area (Å²) in [6.45, 7) is 8.83. The molecule has 0 saturated heterocycles. The summed E-state index contributed by atoms with van der Waals surface area (Å²) in [6.07, 6.45) is 0. The Kier molecular flexibility index (Phi) is 5.33. The van der Waals surface area contributed by atoms with Gasteiger partial charge in [-0.2, -0.15) is 0 Å². The van der Waals surface area contributed by atoms with Crippen LogP contribution in [0.2, 0.25) is 0 Å². The highest BCUT2D eigenvalue weighted by atomic mass is 16.5. The van der Waals surface area contributed by atoms with Gasteiger partial charge in [-0.1, -0.05) is 32.9 Å². The third-order valence-corrected chi connectivity index (χ3v) is 3.21. The van der Waals surface area contributed by atoms with Gasteiger partial charge < -0.3 is 10.1 Å². The van der Waals surface area contributed by atoms with E-state index >= 15 is 0 Å². The first-order chi connectivity index (χ1) is 7.69. The number of ether oxygens (including phenoxy) is 1. The molecule has 0 aliphatic rings. The van der Waals surface area contributed by atoms with Gasteiger partial charge in [0.15, 0.2) is 0 Å². The van der Waals surface area contributed by atoms with E-state index in [1.807, 2.05) is 12.1 Å². The number of benzene rings is 1. The summed E-state index contributed by atoms with van der Waals surface area (Å²) in [7, 11) is 1.70. The zero-order chi connectivity index (χ0) is 12.0. The fraction of sp³-hybridized carbons (Fsp3) is 0.571. The molecule has 90 valence electrons. The Morgan fingerprint density at radius 3 is 2.31 bits per heavy atom. The molecular weight excluding hydrogens is 198 g/mol. The maximum absolute atomic E-state index is 5.16. The fourth-order valence-corrected chi connectivity index (χ4v) is 1.78. The van der Waals surface area contributed by atoms with E-state index in [-0.39, 0.29) is 0 Å². The molecule has 0 aliphatic carbocycles. The molecule has 1 aromatic carbocycles. The second kappa shape index (κ2) is 6.54. The first kappa shape index (κ1) is 13.0. The largest absolute Gasteiger partial charge is 0.497 e. The van der Waals surface area contributed by atoms with Gasteiger partial charge in [-0.25, -0.2) is 0 Å². The van der Waals surface area contributed by atoms with Crippen LogP contribution in [0.25, 0.3) is 0 Å². The van der Waals surface area contributed by atoms with Crippen LogP contribution >= 0.6 is 0 Å². The number of rotatable bonds is 6. The summed E-state index contributed by atoms with van der Waals surface area (Å²) in [5.74, 6) is 2.15. The minimum Gasteiger partial charge on any atom is -0.497 e. The van der Waals surface area contributed by atoms with Crippen molar-refractivity contribution in [2.75, 3.05) is 20.2 Å². The average Bonchev–Trinajstić information content (AvgIpc) is 2.35. The quantitative estimate of drug-likeness (QED) is 0.797. The van der Waals surface area contributed by atoms with Crippen LogP contribution in [0.3, 0.4) is 0 Å². The maximum atomic E-state index is 5.16. The van der Waals surface area contributed by atoms with Crippen LogP contribution in [0.15, 0.2) is 24.3 Å². The Hall–Kier alpha value is -1.02. The van der Waals surface area contributed by atoms with Gasteiger partial charge in [0.2, 0.25) is 0 Å². The van der Waals surface area contributed by atoms with E-state index in [9.17, 15) is 0 Å². The van der Waals surface area contributed by atoms with Gasteiger partial charge in [-0.3, -0.25) is 0 Å². The van der Waals surface area contributed by atoms with E-state index < -0.39 is 0 Å². The lowest BCUT2D eigenvalue weighted by Gasteiger charge is -2.20. The van der Waals surface area contributed by atoms with Crippen molar-refractivity contribution in [2.45, 2.75) is 26.7 Å². The van der Waals surface area contributed by atoms with E-state index in [4.69, 9.17) is 4.74 Å². The normalized spacial score (nSPS) is 14.5. The molecule has 1 aromatic rings. The molecule has 0 aromatic heterocycles. The molecule has 0 bridgehead atoms. The molecule has 0 spiro atoms. The molecule has 1 N–H and O–H groups in total. The van der Waals surface area contributed by atoms with E-state index in [1.165, 1.54) is 5.56 Å². The van der Waals surface area contributed by atoms with Crippen molar-refractivity contribution in [3.8, 4) is 5.75 Å². The van der Waals surface area contributed by atoms with Gasteiger partial charge in [0.25, 0.3) is 0 Å². The molecule has 2 heteroatoms. The first-order valence-electron chi connectivity index (χ1n) is 6.03. The van der Waals surface area contributed by atoms with Crippen LogP contribution in [0.1, 0.15) is 32.3 Å². The van der Waals surface area contributed by atoms with Crippen molar-refractivity contribution in [3.63, 3.8) is 0 Å². The first-order valence-corrected chi connectivity index (χ1v) is 6.03. The van der Waals surface area contributed by atoms with Gasteiger partial charge in [0.05, 0.1) is 7.11 Å². The molecule has 0 fully saturated rings. The van der Waals surface area contributed by atoms with Crippen molar-refractivity contribution in [2.24, 2.45) is 5.92 Å². The van der Waals surface area contributed by atoms with E-state index in [0.717, 1.165) is 18.8 Å². The molecule has 2 nitrogen and oxygen atoms in total. The molecule has 2 unspecified atom stereocenters. The van der Waals surface area contributed by atoms with Gasteiger partial charge in [-0.15, -0.1) is 0 Å². The summed E-state index contributed by atoms with van der Waals surface area (Å²) in [6, 6.07) is 8.38. The SMILES string of the molecule is CCNCC(C)C(C)c1ccc(OC)cc1. The Labute approximate surface area is 99.0 Å². The molecule has 0 radical (unpaired) electrons. The smallest absolute Gasteiger partial charge is 0.118 e. The molecule has 1 rings (SSSR count). The van der Waals surface area contributed by atoms with Crippen molar-refractivity contribution < 1.29 is 4.74 Å². The summed E-state index contributed by atoms with van der Waals surface area (Å²) in [5, 5.41) is 3.40. The van der Waals surface area contributed by atoms with Crippen LogP contribution in [0.5, 0.6) is 5.75 Å². The maximum Gasteiger partial charge on any atom is 0.118 e. The molecule has 0 heterocycles. The van der Waals surface area contributed by atoms with E-state index in [1.54, 1.807) is 7.11 Å². The van der Waals surface area contributed by atoms with E-state index in [2.05, 4.69) is 38.2 Å². The molecule has 0 aliphatic heterocycles. The third kappa shape index (κ3) is 3.53. The lowest BCUT2D eigenvalue weighted by molar-refractivity contribution is 0.413. The number of methoxy groups -OCH3 is 1. The molecule has 0 saturated carbocycles. The fourth-order valence-electron chi connectivity index (χ4n) is 1.78. The number of hydrogen-bond acceptors (Lipinski definition) is 2. The Balaban J connectivity index is 2.60. The predicted molar refractivity (Wildman–Crippen MR) is 69.1 cm³/mol.